The molecule has 1 aromatic rings. The van der Waals surface area contributed by atoms with E-state index in [4.69, 9.17) is 0 Å². The molecule has 0 spiro atoms. The number of amides is 1. The highest BCUT2D eigenvalue weighted by atomic mass is 32.1. The zero-order valence-corrected chi connectivity index (χ0v) is 12.4. The summed E-state index contributed by atoms with van der Waals surface area (Å²) in [6.45, 7) is 5.07. The average Bonchev–Trinajstić information content (AvgIpc) is 2.27. The van der Waals surface area contributed by atoms with Crippen molar-refractivity contribution in [2.24, 2.45) is 5.92 Å². The highest BCUT2D eigenvalue weighted by Gasteiger charge is 2.17. The van der Waals surface area contributed by atoms with Crippen molar-refractivity contribution in [3.8, 4) is 0 Å². The first kappa shape index (κ1) is 15.1. The predicted molar refractivity (Wildman–Crippen MR) is 78.3 cm³/mol. The van der Waals surface area contributed by atoms with Gasteiger partial charge in [0.15, 0.2) is 0 Å². The van der Waals surface area contributed by atoms with Gasteiger partial charge in [0.2, 0.25) is 0 Å². The molecule has 1 aromatic carbocycles. The molecule has 0 aliphatic carbocycles. The molecule has 0 aromatic heterocycles. The Kier molecular flexibility index (Phi) is 5.69. The van der Waals surface area contributed by atoms with Crippen LogP contribution in [0.3, 0.4) is 0 Å². The van der Waals surface area contributed by atoms with Crippen molar-refractivity contribution in [2.75, 3.05) is 20.6 Å². The van der Waals surface area contributed by atoms with Gasteiger partial charge < -0.3 is 10.2 Å². The molecule has 4 heteroatoms. The lowest BCUT2D eigenvalue weighted by Crippen LogP contribution is -2.45. The van der Waals surface area contributed by atoms with E-state index in [0.29, 0.717) is 11.5 Å². The number of nitrogens with one attached hydrogen (secondary N) is 1. The van der Waals surface area contributed by atoms with Crippen LogP contribution in [0.5, 0.6) is 0 Å². The Balaban J connectivity index is 2.72. The summed E-state index contributed by atoms with van der Waals surface area (Å²) in [6.07, 6.45) is 0. The molecule has 0 saturated carbocycles. The van der Waals surface area contributed by atoms with Gasteiger partial charge in [0, 0.05) is 23.0 Å². The SMILES string of the molecule is CC(C)C(CN(C)C)NC(=O)c1cccc(S)c1. The van der Waals surface area contributed by atoms with Crippen molar-refractivity contribution in [3.63, 3.8) is 0 Å². The lowest BCUT2D eigenvalue weighted by Gasteiger charge is -2.25. The number of carbonyl (C=O) groups is 1. The predicted octanol–water partition coefficient (Wildman–Crippen LogP) is 2.29. The molecule has 0 aliphatic rings. The first-order chi connectivity index (χ1) is 8.40. The summed E-state index contributed by atoms with van der Waals surface area (Å²) in [6, 6.07) is 7.44. The van der Waals surface area contributed by atoms with E-state index in [0.717, 1.165) is 11.4 Å². The van der Waals surface area contributed by atoms with E-state index in [-0.39, 0.29) is 11.9 Å². The van der Waals surface area contributed by atoms with Gasteiger partial charge in [-0.1, -0.05) is 19.9 Å². The minimum Gasteiger partial charge on any atom is -0.348 e. The van der Waals surface area contributed by atoms with Gasteiger partial charge in [-0.2, -0.15) is 0 Å². The van der Waals surface area contributed by atoms with Crippen molar-refractivity contribution in [1.29, 1.82) is 0 Å². The molecule has 100 valence electrons. The van der Waals surface area contributed by atoms with Crippen LogP contribution in [0.2, 0.25) is 0 Å². The standard InChI is InChI=1S/C14H22N2OS/c1-10(2)13(9-16(3)4)15-14(17)11-6-5-7-12(18)8-11/h5-8,10,13,18H,9H2,1-4H3,(H,15,17). The molecular weight excluding hydrogens is 244 g/mol. The van der Waals surface area contributed by atoms with E-state index < -0.39 is 0 Å². The maximum Gasteiger partial charge on any atom is 0.251 e. The molecule has 0 bridgehead atoms. The van der Waals surface area contributed by atoms with Crippen molar-refractivity contribution in [3.05, 3.63) is 29.8 Å². The maximum atomic E-state index is 12.1. The monoisotopic (exact) mass is 266 g/mol. The van der Waals surface area contributed by atoms with E-state index in [1.54, 1.807) is 6.07 Å². The molecule has 1 atom stereocenters. The van der Waals surface area contributed by atoms with Crippen LogP contribution in [0, 0.1) is 5.92 Å². The Morgan fingerprint density at radius 2 is 2.06 bits per heavy atom. The van der Waals surface area contributed by atoms with Crippen LogP contribution in [0.25, 0.3) is 0 Å². The smallest absolute Gasteiger partial charge is 0.251 e. The summed E-state index contributed by atoms with van der Waals surface area (Å²) in [5.74, 6) is 0.363. The van der Waals surface area contributed by atoms with Crippen molar-refractivity contribution < 1.29 is 4.79 Å². The van der Waals surface area contributed by atoms with Gasteiger partial charge in [0.25, 0.3) is 5.91 Å². The zero-order chi connectivity index (χ0) is 13.7. The summed E-state index contributed by atoms with van der Waals surface area (Å²) in [5, 5.41) is 3.08. The van der Waals surface area contributed by atoms with Gasteiger partial charge in [-0.3, -0.25) is 4.79 Å². The Morgan fingerprint density at radius 1 is 1.39 bits per heavy atom. The van der Waals surface area contributed by atoms with E-state index in [9.17, 15) is 4.79 Å². The van der Waals surface area contributed by atoms with Crippen LogP contribution in [0.15, 0.2) is 29.2 Å². The molecule has 0 aliphatic heterocycles. The summed E-state index contributed by atoms with van der Waals surface area (Å²) in [5.41, 5.74) is 0.659. The van der Waals surface area contributed by atoms with Gasteiger partial charge in [0.1, 0.15) is 0 Å². The van der Waals surface area contributed by atoms with Crippen LogP contribution in [0.4, 0.5) is 0 Å². The number of carbonyl (C=O) groups excluding carboxylic acids is 1. The fraction of sp³-hybridized carbons (Fsp3) is 0.500. The van der Waals surface area contributed by atoms with E-state index in [1.807, 2.05) is 32.3 Å². The van der Waals surface area contributed by atoms with Crippen LogP contribution < -0.4 is 5.32 Å². The topological polar surface area (TPSA) is 32.3 Å². The second kappa shape index (κ2) is 6.81. The fourth-order valence-corrected chi connectivity index (χ4v) is 1.94. The summed E-state index contributed by atoms with van der Waals surface area (Å²) in [4.78, 5) is 15.0. The van der Waals surface area contributed by atoms with E-state index in [2.05, 4.69) is 36.7 Å². The minimum absolute atomic E-state index is 0.0357. The minimum atomic E-state index is -0.0357. The molecule has 1 amide bonds. The fourth-order valence-electron chi connectivity index (χ4n) is 1.72. The molecule has 1 N–H and O–H groups in total. The van der Waals surface area contributed by atoms with Crippen molar-refractivity contribution in [1.82, 2.24) is 10.2 Å². The molecule has 0 fully saturated rings. The normalized spacial score (nSPS) is 12.8. The Morgan fingerprint density at radius 3 is 2.56 bits per heavy atom. The number of hydrogen-bond donors (Lipinski definition) is 2. The third-order valence-corrected chi connectivity index (χ3v) is 3.07. The van der Waals surface area contributed by atoms with Crippen molar-refractivity contribution >= 4 is 18.5 Å². The second-order valence-electron chi connectivity index (χ2n) is 5.14. The lowest BCUT2D eigenvalue weighted by molar-refractivity contribution is 0.0916. The number of thiol groups is 1. The molecule has 0 saturated heterocycles. The Labute approximate surface area is 115 Å². The van der Waals surface area contributed by atoms with Gasteiger partial charge >= 0.3 is 0 Å². The first-order valence-electron chi connectivity index (χ1n) is 6.14. The zero-order valence-electron chi connectivity index (χ0n) is 11.5. The highest BCUT2D eigenvalue weighted by Crippen LogP contribution is 2.10. The Bertz CT molecular complexity index is 405. The van der Waals surface area contributed by atoms with Crippen LogP contribution >= 0.6 is 12.6 Å². The molecule has 18 heavy (non-hydrogen) atoms. The molecule has 3 nitrogen and oxygen atoms in total. The lowest BCUT2D eigenvalue weighted by atomic mass is 10.0. The molecule has 0 radical (unpaired) electrons. The van der Waals surface area contributed by atoms with E-state index >= 15 is 0 Å². The number of hydrogen-bond acceptors (Lipinski definition) is 3. The summed E-state index contributed by atoms with van der Waals surface area (Å²) < 4.78 is 0. The van der Waals surface area contributed by atoms with Crippen LogP contribution in [0.1, 0.15) is 24.2 Å². The number of likely N-dealkylation sites (N-methyl/N-ethyl adjacent to an activating group) is 1. The van der Waals surface area contributed by atoms with Crippen molar-refractivity contribution in [2.45, 2.75) is 24.8 Å². The van der Waals surface area contributed by atoms with Gasteiger partial charge in [-0.05, 0) is 38.2 Å². The maximum absolute atomic E-state index is 12.1. The number of nitrogens with zero attached hydrogens (tertiary/aromatic N) is 1. The highest BCUT2D eigenvalue weighted by molar-refractivity contribution is 7.80. The molecule has 1 rings (SSSR count). The van der Waals surface area contributed by atoms with Gasteiger partial charge in [0.05, 0.1) is 0 Å². The number of benzene rings is 1. The van der Waals surface area contributed by atoms with Crippen LogP contribution in [-0.2, 0) is 0 Å². The van der Waals surface area contributed by atoms with Crippen LogP contribution in [-0.4, -0.2) is 37.5 Å². The second-order valence-corrected chi connectivity index (χ2v) is 5.65. The first-order valence-corrected chi connectivity index (χ1v) is 6.59. The third kappa shape index (κ3) is 4.70. The van der Waals surface area contributed by atoms with E-state index in [1.165, 1.54) is 0 Å². The molecule has 0 heterocycles. The van der Waals surface area contributed by atoms with Gasteiger partial charge in [-0.25, -0.2) is 0 Å². The summed E-state index contributed by atoms with van der Waals surface area (Å²) >= 11 is 4.25. The third-order valence-electron chi connectivity index (χ3n) is 2.79. The summed E-state index contributed by atoms with van der Waals surface area (Å²) in [7, 11) is 4.02. The number of rotatable bonds is 5. The quantitative estimate of drug-likeness (QED) is 0.802. The Hall–Kier alpha value is -1.00. The van der Waals surface area contributed by atoms with Gasteiger partial charge in [-0.15, -0.1) is 12.6 Å². The molecular formula is C14H22N2OS. The largest absolute Gasteiger partial charge is 0.348 e. The average molecular weight is 266 g/mol. The molecule has 1 unspecified atom stereocenters.